The van der Waals surface area contributed by atoms with E-state index in [1.807, 2.05) is 51.3 Å². The number of carbonyl (C=O) groups is 2. The minimum atomic E-state index is -0.539. The lowest BCUT2D eigenvalue weighted by molar-refractivity contribution is 0.0164. The van der Waals surface area contributed by atoms with Crippen LogP contribution in [-0.4, -0.2) is 65.2 Å². The molecule has 0 spiro atoms. The van der Waals surface area contributed by atoms with Crippen molar-refractivity contribution in [3.8, 4) is 22.3 Å². The Morgan fingerprint density at radius 2 is 0.963 bits per heavy atom. The first-order valence-corrected chi connectivity index (χ1v) is 19.3. The number of benzene rings is 4. The van der Waals surface area contributed by atoms with E-state index in [0.29, 0.717) is 11.8 Å². The van der Waals surface area contributed by atoms with Crippen LogP contribution in [0.3, 0.4) is 0 Å². The molecule has 2 aliphatic carbocycles. The van der Waals surface area contributed by atoms with E-state index in [0.717, 1.165) is 92.4 Å². The molecule has 10 nitrogen and oxygen atoms in total. The molecule has 2 aliphatic heterocycles. The Kier molecular flexibility index (Phi) is 7.11. The first-order valence-electron chi connectivity index (χ1n) is 19.3. The predicted molar refractivity (Wildman–Crippen MR) is 209 cm³/mol. The maximum atomic E-state index is 13.2. The molecule has 54 heavy (non-hydrogen) atoms. The molecule has 10 heteroatoms. The number of carbonyl (C=O) groups excluding carboxylic acids is 2. The molecule has 4 aromatic carbocycles. The van der Waals surface area contributed by atoms with Gasteiger partial charge in [-0.25, -0.2) is 19.6 Å². The largest absolute Gasteiger partial charge is 0.444 e. The summed E-state index contributed by atoms with van der Waals surface area (Å²) >= 11 is 0. The Labute approximate surface area is 314 Å². The van der Waals surface area contributed by atoms with Gasteiger partial charge < -0.3 is 19.4 Å². The number of likely N-dealkylation sites (tertiary alicyclic amines) is 2. The van der Waals surface area contributed by atoms with Crippen molar-refractivity contribution in [1.29, 1.82) is 0 Å². The number of aromatic nitrogens is 4. The highest BCUT2D eigenvalue weighted by Gasteiger charge is 2.57. The second kappa shape index (κ2) is 11.6. The first-order chi connectivity index (χ1) is 25.7. The van der Waals surface area contributed by atoms with Gasteiger partial charge in [-0.3, -0.25) is 9.80 Å². The number of aromatic amines is 2. The Morgan fingerprint density at radius 1 is 0.574 bits per heavy atom. The minimum absolute atomic E-state index is 0.0994. The molecule has 4 heterocycles. The smallest absolute Gasteiger partial charge is 0.411 e. The third kappa shape index (κ3) is 5.86. The predicted octanol–water partition coefficient (Wildman–Crippen LogP) is 10.1. The molecule has 6 atom stereocenters. The average molecular weight is 723 g/mol. The molecule has 276 valence electrons. The van der Waals surface area contributed by atoms with Gasteiger partial charge in [-0.1, -0.05) is 36.4 Å². The molecular weight excluding hydrogens is 677 g/mol. The highest BCUT2D eigenvalue weighted by atomic mass is 16.6. The summed E-state index contributed by atoms with van der Waals surface area (Å²) in [4.78, 5) is 47.1. The van der Waals surface area contributed by atoms with Gasteiger partial charge in [0.25, 0.3) is 0 Å². The molecule has 2 saturated heterocycles. The van der Waals surface area contributed by atoms with Gasteiger partial charge in [0, 0.05) is 12.1 Å². The van der Waals surface area contributed by atoms with E-state index in [-0.39, 0.29) is 36.4 Å². The normalized spacial score (nSPS) is 24.6. The average Bonchev–Trinajstić information content (AvgIpc) is 3.77. The molecule has 0 bridgehead atoms. The Balaban J connectivity index is 0.884. The number of amides is 2. The van der Waals surface area contributed by atoms with Crippen molar-refractivity contribution in [2.75, 3.05) is 0 Å². The number of rotatable bonds is 4. The van der Waals surface area contributed by atoms with Gasteiger partial charge in [-0.15, -0.1) is 0 Å². The fourth-order valence-electron chi connectivity index (χ4n) is 8.89. The number of piperidine rings is 2. The molecule has 6 aromatic rings. The Hall–Kier alpha value is -5.38. The molecule has 4 aliphatic rings. The van der Waals surface area contributed by atoms with Gasteiger partial charge in [0.1, 0.15) is 22.9 Å². The number of H-pyrrole nitrogens is 2. The van der Waals surface area contributed by atoms with E-state index in [1.54, 1.807) is 0 Å². The third-order valence-corrected chi connectivity index (χ3v) is 11.6. The van der Waals surface area contributed by atoms with Crippen LogP contribution in [0.1, 0.15) is 91.0 Å². The SMILES string of the molecule is CC(C)(C)OC(=O)N1[C@@H]2C[C@@H]2C[C@H]1c1nc2ccc(-c3ccc4cc(-c5ccc6nc([C@@H]7C[C@H]8C[C@H]8N7C(=O)OC(C)(C)C)[nH]c6c5)ccc4c3)cc2[nH]1. The summed E-state index contributed by atoms with van der Waals surface area (Å²) in [5.41, 5.74) is 7.09. The zero-order valence-electron chi connectivity index (χ0n) is 31.6. The van der Waals surface area contributed by atoms with Gasteiger partial charge in [0.15, 0.2) is 0 Å². The summed E-state index contributed by atoms with van der Waals surface area (Å²) in [6.07, 6.45) is 3.41. The lowest BCUT2D eigenvalue weighted by atomic mass is 9.97. The number of imidazole rings is 2. The van der Waals surface area contributed by atoms with Crippen LogP contribution in [-0.2, 0) is 9.47 Å². The molecular formula is C44H46N6O4. The van der Waals surface area contributed by atoms with E-state index in [1.165, 1.54) is 0 Å². The molecule has 0 radical (unpaired) electrons. The van der Waals surface area contributed by atoms with Crippen LogP contribution in [0.4, 0.5) is 9.59 Å². The molecule has 2 N–H and O–H groups in total. The zero-order chi connectivity index (χ0) is 37.3. The van der Waals surface area contributed by atoms with E-state index in [4.69, 9.17) is 19.4 Å². The molecule has 4 fully saturated rings. The first kappa shape index (κ1) is 33.2. The van der Waals surface area contributed by atoms with Crippen molar-refractivity contribution >= 4 is 45.0 Å². The fourth-order valence-corrected chi connectivity index (χ4v) is 8.89. The van der Waals surface area contributed by atoms with Crippen LogP contribution in [0, 0.1) is 11.8 Å². The summed E-state index contributed by atoms with van der Waals surface area (Å²) < 4.78 is 11.6. The number of nitrogens with one attached hydrogen (secondary N) is 2. The quantitative estimate of drug-likeness (QED) is 0.187. The van der Waals surface area contributed by atoms with Crippen molar-refractivity contribution in [3.63, 3.8) is 0 Å². The van der Waals surface area contributed by atoms with Gasteiger partial charge in [0.05, 0.1) is 34.2 Å². The highest BCUT2D eigenvalue weighted by Crippen LogP contribution is 2.54. The molecule has 2 saturated carbocycles. The third-order valence-electron chi connectivity index (χ3n) is 11.6. The van der Waals surface area contributed by atoms with Gasteiger partial charge in [-0.2, -0.15) is 0 Å². The van der Waals surface area contributed by atoms with Gasteiger partial charge in [-0.05, 0) is 148 Å². The second-order valence-corrected chi connectivity index (χ2v) is 17.9. The topological polar surface area (TPSA) is 116 Å². The van der Waals surface area contributed by atoms with Gasteiger partial charge in [0.2, 0.25) is 0 Å². The van der Waals surface area contributed by atoms with Crippen molar-refractivity contribution < 1.29 is 19.1 Å². The fraction of sp³-hybridized carbons (Fsp3) is 0.409. The van der Waals surface area contributed by atoms with Crippen molar-refractivity contribution in [2.45, 2.75) is 103 Å². The maximum Gasteiger partial charge on any atom is 0.411 e. The molecule has 2 amide bonds. The van der Waals surface area contributed by atoms with Crippen LogP contribution < -0.4 is 0 Å². The van der Waals surface area contributed by atoms with Crippen molar-refractivity contribution in [3.05, 3.63) is 84.4 Å². The number of hydrogen-bond donors (Lipinski definition) is 2. The number of fused-ring (bicyclic) bond motifs is 5. The van der Waals surface area contributed by atoms with E-state index in [2.05, 4.69) is 82.8 Å². The Bertz CT molecular complexity index is 2330. The summed E-state index contributed by atoms with van der Waals surface area (Å²) in [7, 11) is 0. The lowest BCUT2D eigenvalue weighted by Crippen LogP contribution is -2.38. The van der Waals surface area contributed by atoms with Crippen molar-refractivity contribution in [1.82, 2.24) is 29.7 Å². The van der Waals surface area contributed by atoms with Gasteiger partial charge >= 0.3 is 12.2 Å². The number of nitrogens with zero attached hydrogens (tertiary/aromatic N) is 4. The monoisotopic (exact) mass is 722 g/mol. The lowest BCUT2D eigenvalue weighted by Gasteiger charge is -2.29. The van der Waals surface area contributed by atoms with E-state index >= 15 is 0 Å². The summed E-state index contributed by atoms with van der Waals surface area (Å²) in [5, 5.41) is 2.32. The summed E-state index contributed by atoms with van der Waals surface area (Å²) in [5.74, 6) is 2.70. The van der Waals surface area contributed by atoms with E-state index in [9.17, 15) is 9.59 Å². The standard InChI is InChI=1S/C44H46N6O4/c1-43(2,3)53-41(51)49-35-19-29(35)21-37(49)39-45-31-13-11-27(17-33(31)47-39)25-9-7-24-16-26(10-8-23(24)15-25)28-12-14-32-34(18-28)48-40(46-32)38-22-30-20-36(30)50(38)42(52)54-44(4,5)6/h7-18,29-30,35-38H,19-22H2,1-6H3,(H,45,47)(H,46,48)/t29-,30-,35-,36-,37+,38+/m1/s1. The number of hydrogen-bond acceptors (Lipinski definition) is 6. The zero-order valence-corrected chi connectivity index (χ0v) is 31.6. The van der Waals surface area contributed by atoms with E-state index < -0.39 is 11.2 Å². The highest BCUT2D eigenvalue weighted by molar-refractivity contribution is 5.93. The Morgan fingerprint density at radius 3 is 1.37 bits per heavy atom. The summed E-state index contributed by atoms with van der Waals surface area (Å²) in [6.45, 7) is 11.5. The molecule has 0 unspecified atom stereocenters. The summed E-state index contributed by atoms with van der Waals surface area (Å²) in [6, 6.07) is 26.2. The van der Waals surface area contributed by atoms with Crippen LogP contribution in [0.15, 0.2) is 72.8 Å². The van der Waals surface area contributed by atoms with Crippen molar-refractivity contribution in [2.24, 2.45) is 11.8 Å². The van der Waals surface area contributed by atoms with Crippen LogP contribution in [0.25, 0.3) is 55.1 Å². The molecule has 2 aromatic heterocycles. The van der Waals surface area contributed by atoms with Crippen LogP contribution >= 0.6 is 0 Å². The minimum Gasteiger partial charge on any atom is -0.444 e. The van der Waals surface area contributed by atoms with Crippen LogP contribution in [0.5, 0.6) is 0 Å². The number of ether oxygens (including phenoxy) is 2. The molecule has 10 rings (SSSR count). The second-order valence-electron chi connectivity index (χ2n) is 17.9. The van der Waals surface area contributed by atoms with Crippen LogP contribution in [0.2, 0.25) is 0 Å². The maximum absolute atomic E-state index is 13.2.